The van der Waals surface area contributed by atoms with Crippen LogP contribution in [0.15, 0.2) is 30.3 Å². The van der Waals surface area contributed by atoms with Crippen molar-refractivity contribution in [2.75, 3.05) is 12.3 Å². The summed E-state index contributed by atoms with van der Waals surface area (Å²) in [6.45, 7) is -0.167. The first kappa shape index (κ1) is 18.3. The maximum absolute atomic E-state index is 11.8. The second-order valence-corrected chi connectivity index (χ2v) is 5.29. The van der Waals surface area contributed by atoms with Gasteiger partial charge in [-0.3, -0.25) is 9.59 Å². The SMILES string of the molecule is N#CCNC(=O)C(CSC(N)=O)NC(=O)OCc1ccccc1. The van der Waals surface area contributed by atoms with Gasteiger partial charge in [0.1, 0.15) is 19.2 Å². The fraction of sp³-hybridized carbons (Fsp3) is 0.286. The Hall–Kier alpha value is -2.73. The van der Waals surface area contributed by atoms with Crippen LogP contribution in [0.5, 0.6) is 0 Å². The molecule has 23 heavy (non-hydrogen) atoms. The molecule has 1 aromatic carbocycles. The van der Waals surface area contributed by atoms with Gasteiger partial charge in [0.25, 0.3) is 5.24 Å². The van der Waals surface area contributed by atoms with E-state index in [1.54, 1.807) is 30.3 Å². The molecule has 0 aliphatic carbocycles. The normalized spacial score (nSPS) is 10.9. The van der Waals surface area contributed by atoms with E-state index in [-0.39, 0.29) is 18.9 Å². The minimum atomic E-state index is -1.04. The Kier molecular flexibility index (Phi) is 8.02. The zero-order chi connectivity index (χ0) is 17.1. The molecule has 8 nitrogen and oxygen atoms in total. The van der Waals surface area contributed by atoms with Gasteiger partial charge in [-0.15, -0.1) is 0 Å². The number of nitrogens with one attached hydrogen (secondary N) is 2. The van der Waals surface area contributed by atoms with Gasteiger partial charge in [0.05, 0.1) is 6.07 Å². The average molecular weight is 336 g/mol. The molecule has 1 aromatic rings. The standard InChI is InChI=1S/C14H16N4O4S/c15-6-7-17-12(19)11(9-23-13(16)20)18-14(21)22-8-10-4-2-1-3-5-10/h1-5,11H,7-9H2,(H2,16,20)(H,17,19)(H,18,21). The second-order valence-electron chi connectivity index (χ2n) is 4.26. The molecule has 0 spiro atoms. The fourth-order valence-electron chi connectivity index (χ4n) is 1.51. The van der Waals surface area contributed by atoms with Crippen molar-refractivity contribution in [2.24, 2.45) is 5.73 Å². The lowest BCUT2D eigenvalue weighted by Gasteiger charge is -2.16. The van der Waals surface area contributed by atoms with Crippen molar-refractivity contribution >= 4 is 29.0 Å². The molecule has 1 rings (SSSR count). The summed E-state index contributed by atoms with van der Waals surface area (Å²) in [7, 11) is 0. The number of nitrogens with two attached hydrogens (primary N) is 1. The molecule has 0 aromatic heterocycles. The number of amides is 3. The number of nitriles is 1. The quantitative estimate of drug-likeness (QED) is 0.628. The second kappa shape index (κ2) is 10.1. The molecule has 0 saturated heterocycles. The molecule has 1 unspecified atom stereocenters. The molecule has 0 heterocycles. The topological polar surface area (TPSA) is 134 Å². The van der Waals surface area contributed by atoms with Crippen LogP contribution in [0.1, 0.15) is 5.56 Å². The maximum Gasteiger partial charge on any atom is 0.408 e. The first-order chi connectivity index (χ1) is 11.0. The summed E-state index contributed by atoms with van der Waals surface area (Å²) in [6, 6.07) is 9.72. The summed E-state index contributed by atoms with van der Waals surface area (Å²) in [6.07, 6.45) is -0.809. The molecule has 1 atom stereocenters. The van der Waals surface area contributed by atoms with E-state index in [1.165, 1.54) is 0 Å². The predicted molar refractivity (Wildman–Crippen MR) is 84.2 cm³/mol. The van der Waals surface area contributed by atoms with Crippen LogP contribution in [0.3, 0.4) is 0 Å². The molecule has 0 saturated carbocycles. The Bertz CT molecular complexity index is 588. The Morgan fingerprint density at radius 3 is 2.61 bits per heavy atom. The fourth-order valence-corrected chi connectivity index (χ4v) is 2.07. The zero-order valence-corrected chi connectivity index (χ0v) is 13.0. The van der Waals surface area contributed by atoms with Gasteiger partial charge in [-0.1, -0.05) is 42.1 Å². The van der Waals surface area contributed by atoms with E-state index < -0.39 is 23.3 Å². The van der Waals surface area contributed by atoms with E-state index in [4.69, 9.17) is 15.7 Å². The van der Waals surface area contributed by atoms with Crippen LogP contribution in [-0.4, -0.2) is 35.6 Å². The largest absolute Gasteiger partial charge is 0.445 e. The molecule has 0 fully saturated rings. The summed E-state index contributed by atoms with van der Waals surface area (Å²) in [5, 5.41) is 12.4. The average Bonchev–Trinajstić information content (AvgIpc) is 2.55. The van der Waals surface area contributed by atoms with Crippen LogP contribution in [0.2, 0.25) is 0 Å². The third-order valence-electron chi connectivity index (χ3n) is 2.56. The number of alkyl carbamates (subject to hydrolysis) is 1. The highest BCUT2D eigenvalue weighted by Gasteiger charge is 2.22. The summed E-state index contributed by atoms with van der Waals surface area (Å²) in [5.74, 6) is -0.663. The van der Waals surface area contributed by atoms with Crippen LogP contribution >= 0.6 is 11.8 Å². The number of ether oxygens (including phenoxy) is 1. The number of nitrogens with zero attached hydrogens (tertiary/aromatic N) is 1. The third-order valence-corrected chi connectivity index (χ3v) is 3.34. The van der Waals surface area contributed by atoms with Gasteiger partial charge in [-0.25, -0.2) is 4.79 Å². The van der Waals surface area contributed by atoms with Crippen LogP contribution in [-0.2, 0) is 16.1 Å². The highest BCUT2D eigenvalue weighted by atomic mass is 32.2. The molecule has 3 amide bonds. The number of primary amides is 1. The maximum atomic E-state index is 11.8. The van der Waals surface area contributed by atoms with Gasteiger partial charge in [0, 0.05) is 5.75 Å². The molecule has 0 radical (unpaired) electrons. The molecule has 0 aliphatic rings. The lowest BCUT2D eigenvalue weighted by Crippen LogP contribution is -2.48. The molecule has 122 valence electrons. The monoisotopic (exact) mass is 336 g/mol. The van der Waals surface area contributed by atoms with Crippen molar-refractivity contribution in [3.05, 3.63) is 35.9 Å². The molecule has 9 heteroatoms. The number of rotatable bonds is 7. The van der Waals surface area contributed by atoms with E-state index in [2.05, 4.69) is 10.6 Å². The van der Waals surface area contributed by atoms with E-state index in [0.717, 1.165) is 5.56 Å². The van der Waals surface area contributed by atoms with Gasteiger partial charge in [-0.2, -0.15) is 5.26 Å². The van der Waals surface area contributed by atoms with Crippen molar-refractivity contribution in [3.63, 3.8) is 0 Å². The number of thioether (sulfide) groups is 1. The minimum Gasteiger partial charge on any atom is -0.445 e. The zero-order valence-electron chi connectivity index (χ0n) is 12.2. The van der Waals surface area contributed by atoms with Crippen molar-refractivity contribution in [1.82, 2.24) is 10.6 Å². The number of carbonyl (C=O) groups is 3. The number of hydrogen-bond acceptors (Lipinski definition) is 6. The highest BCUT2D eigenvalue weighted by Crippen LogP contribution is 2.04. The van der Waals surface area contributed by atoms with Crippen molar-refractivity contribution in [1.29, 1.82) is 5.26 Å². The lowest BCUT2D eigenvalue weighted by molar-refractivity contribution is -0.122. The number of benzene rings is 1. The van der Waals surface area contributed by atoms with Crippen LogP contribution in [0, 0.1) is 11.3 Å². The molecule has 4 N–H and O–H groups in total. The highest BCUT2D eigenvalue weighted by molar-refractivity contribution is 8.13. The van der Waals surface area contributed by atoms with E-state index in [1.807, 2.05) is 6.07 Å². The number of hydrogen-bond donors (Lipinski definition) is 3. The lowest BCUT2D eigenvalue weighted by atomic mass is 10.2. The minimum absolute atomic E-state index is 0.0438. The summed E-state index contributed by atoms with van der Waals surface area (Å²) in [4.78, 5) is 34.4. The molecule has 0 aliphatic heterocycles. The van der Waals surface area contributed by atoms with Crippen LogP contribution < -0.4 is 16.4 Å². The van der Waals surface area contributed by atoms with Gasteiger partial charge < -0.3 is 21.1 Å². The van der Waals surface area contributed by atoms with E-state index >= 15 is 0 Å². The smallest absolute Gasteiger partial charge is 0.408 e. The van der Waals surface area contributed by atoms with Crippen molar-refractivity contribution < 1.29 is 19.1 Å². The summed E-state index contributed by atoms with van der Waals surface area (Å²) >= 11 is 0.682. The van der Waals surface area contributed by atoms with Crippen LogP contribution in [0.25, 0.3) is 0 Å². The summed E-state index contributed by atoms with van der Waals surface area (Å²) in [5.41, 5.74) is 5.79. The van der Waals surface area contributed by atoms with Crippen molar-refractivity contribution in [2.45, 2.75) is 12.6 Å². The molecule has 0 bridgehead atoms. The summed E-state index contributed by atoms with van der Waals surface area (Å²) < 4.78 is 5.00. The predicted octanol–water partition coefficient (Wildman–Crippen LogP) is 0.733. The Morgan fingerprint density at radius 2 is 2.00 bits per heavy atom. The Labute approximate surface area is 137 Å². The number of carbonyl (C=O) groups excluding carboxylic acids is 3. The van der Waals surface area contributed by atoms with Gasteiger partial charge in [-0.05, 0) is 5.56 Å². The van der Waals surface area contributed by atoms with Crippen LogP contribution in [0.4, 0.5) is 9.59 Å². The van der Waals surface area contributed by atoms with Gasteiger partial charge in [0.15, 0.2) is 0 Å². The van der Waals surface area contributed by atoms with E-state index in [9.17, 15) is 14.4 Å². The first-order valence-electron chi connectivity index (χ1n) is 6.57. The first-order valence-corrected chi connectivity index (χ1v) is 7.55. The Balaban J connectivity index is 2.53. The van der Waals surface area contributed by atoms with Gasteiger partial charge in [0.2, 0.25) is 5.91 Å². The molecular weight excluding hydrogens is 320 g/mol. The van der Waals surface area contributed by atoms with Gasteiger partial charge >= 0.3 is 6.09 Å². The third kappa shape index (κ3) is 7.73. The van der Waals surface area contributed by atoms with Crippen molar-refractivity contribution in [3.8, 4) is 6.07 Å². The van der Waals surface area contributed by atoms with E-state index in [0.29, 0.717) is 11.8 Å². The Morgan fingerprint density at radius 1 is 1.30 bits per heavy atom. The molecular formula is C14H16N4O4S.